The van der Waals surface area contributed by atoms with Crippen molar-refractivity contribution >= 4 is 0 Å². The average molecular weight is 164 g/mol. The molecule has 2 heteroatoms. The van der Waals surface area contributed by atoms with E-state index in [4.69, 9.17) is 5.73 Å². The molecule has 2 rings (SSSR count). The van der Waals surface area contributed by atoms with E-state index in [2.05, 4.69) is 43.8 Å². The molecule has 0 spiro atoms. The van der Waals surface area contributed by atoms with Crippen molar-refractivity contribution in [2.75, 3.05) is 0 Å². The SMILES string of the molecule is Cn1cccc1[C@@H]1[C@@H](N)C1(C)C. The summed E-state index contributed by atoms with van der Waals surface area (Å²) in [4.78, 5) is 0. The highest BCUT2D eigenvalue weighted by molar-refractivity contribution is 5.30. The van der Waals surface area contributed by atoms with Crippen LogP contribution in [0.5, 0.6) is 0 Å². The van der Waals surface area contributed by atoms with Gasteiger partial charge >= 0.3 is 0 Å². The summed E-state index contributed by atoms with van der Waals surface area (Å²) in [6.45, 7) is 4.46. The average Bonchev–Trinajstić information content (AvgIpc) is 2.39. The van der Waals surface area contributed by atoms with E-state index in [1.54, 1.807) is 0 Å². The molecule has 12 heavy (non-hydrogen) atoms. The molecular formula is C10H16N2. The van der Waals surface area contributed by atoms with Crippen molar-refractivity contribution in [1.29, 1.82) is 0 Å². The minimum Gasteiger partial charge on any atom is -0.354 e. The highest BCUT2D eigenvalue weighted by atomic mass is 15.0. The van der Waals surface area contributed by atoms with Crippen molar-refractivity contribution < 1.29 is 0 Å². The second-order valence-corrected chi connectivity index (χ2v) is 4.37. The summed E-state index contributed by atoms with van der Waals surface area (Å²) in [5.74, 6) is 0.553. The van der Waals surface area contributed by atoms with E-state index in [9.17, 15) is 0 Å². The number of hydrogen-bond acceptors (Lipinski definition) is 1. The van der Waals surface area contributed by atoms with Gasteiger partial charge in [0, 0.05) is 30.9 Å². The fourth-order valence-electron chi connectivity index (χ4n) is 2.04. The quantitative estimate of drug-likeness (QED) is 0.669. The zero-order valence-corrected chi connectivity index (χ0v) is 7.91. The van der Waals surface area contributed by atoms with Crippen LogP contribution in [0.1, 0.15) is 25.5 Å². The van der Waals surface area contributed by atoms with Crippen LogP contribution in [0.3, 0.4) is 0 Å². The Bertz CT molecular complexity index is 299. The molecule has 1 heterocycles. The first-order valence-electron chi connectivity index (χ1n) is 4.42. The molecule has 0 bridgehead atoms. The molecule has 1 aliphatic rings. The molecule has 0 saturated heterocycles. The van der Waals surface area contributed by atoms with Crippen LogP contribution in [-0.2, 0) is 7.05 Å². The van der Waals surface area contributed by atoms with Gasteiger partial charge < -0.3 is 10.3 Å². The predicted molar refractivity (Wildman–Crippen MR) is 49.9 cm³/mol. The Morgan fingerprint density at radius 1 is 1.50 bits per heavy atom. The molecule has 1 saturated carbocycles. The van der Waals surface area contributed by atoms with Crippen molar-refractivity contribution in [3.05, 3.63) is 24.0 Å². The Morgan fingerprint density at radius 2 is 2.08 bits per heavy atom. The molecule has 0 unspecified atom stereocenters. The molecule has 1 aliphatic carbocycles. The Labute approximate surface area is 73.4 Å². The van der Waals surface area contributed by atoms with Crippen LogP contribution in [0, 0.1) is 5.41 Å². The topological polar surface area (TPSA) is 30.9 Å². The normalized spacial score (nSPS) is 32.0. The molecule has 1 fully saturated rings. The van der Waals surface area contributed by atoms with Crippen LogP contribution >= 0.6 is 0 Å². The monoisotopic (exact) mass is 164 g/mol. The zero-order chi connectivity index (χ0) is 8.93. The van der Waals surface area contributed by atoms with E-state index in [0.29, 0.717) is 17.4 Å². The number of rotatable bonds is 1. The number of aromatic nitrogens is 1. The molecule has 1 aromatic heterocycles. The van der Waals surface area contributed by atoms with E-state index in [1.165, 1.54) is 5.69 Å². The van der Waals surface area contributed by atoms with Crippen molar-refractivity contribution in [2.45, 2.75) is 25.8 Å². The van der Waals surface area contributed by atoms with Crippen LogP contribution in [0.4, 0.5) is 0 Å². The first kappa shape index (κ1) is 7.87. The molecule has 2 nitrogen and oxygen atoms in total. The van der Waals surface area contributed by atoms with Crippen molar-refractivity contribution in [1.82, 2.24) is 4.57 Å². The zero-order valence-electron chi connectivity index (χ0n) is 7.91. The van der Waals surface area contributed by atoms with E-state index < -0.39 is 0 Å². The molecule has 66 valence electrons. The van der Waals surface area contributed by atoms with Gasteiger partial charge in [0.15, 0.2) is 0 Å². The van der Waals surface area contributed by atoms with Gasteiger partial charge in [0.05, 0.1) is 0 Å². The van der Waals surface area contributed by atoms with Gasteiger partial charge in [-0.15, -0.1) is 0 Å². The van der Waals surface area contributed by atoms with Gasteiger partial charge in [-0.25, -0.2) is 0 Å². The smallest absolute Gasteiger partial charge is 0.0224 e. The molecule has 0 amide bonds. The second kappa shape index (κ2) is 2.13. The maximum Gasteiger partial charge on any atom is 0.0224 e. The lowest BCUT2D eigenvalue weighted by Gasteiger charge is -2.03. The van der Waals surface area contributed by atoms with Crippen LogP contribution in [-0.4, -0.2) is 10.6 Å². The van der Waals surface area contributed by atoms with Crippen molar-refractivity contribution in [3.8, 4) is 0 Å². The second-order valence-electron chi connectivity index (χ2n) is 4.37. The molecule has 1 aromatic rings. The van der Waals surface area contributed by atoms with Crippen LogP contribution in [0.2, 0.25) is 0 Å². The lowest BCUT2D eigenvalue weighted by atomic mass is 10.1. The highest BCUT2D eigenvalue weighted by Gasteiger charge is 2.57. The summed E-state index contributed by atoms with van der Waals surface area (Å²) in [6.07, 6.45) is 2.08. The molecule has 0 aliphatic heterocycles. The summed E-state index contributed by atoms with van der Waals surface area (Å²) in [5.41, 5.74) is 7.66. The lowest BCUT2D eigenvalue weighted by molar-refractivity contribution is 0.589. The van der Waals surface area contributed by atoms with Crippen LogP contribution in [0.25, 0.3) is 0 Å². The fraction of sp³-hybridized carbons (Fsp3) is 0.600. The Hall–Kier alpha value is -0.760. The number of aryl methyl sites for hydroxylation is 1. The number of nitrogens with two attached hydrogens (primary N) is 1. The van der Waals surface area contributed by atoms with Gasteiger partial charge in [-0.05, 0) is 17.5 Å². The largest absolute Gasteiger partial charge is 0.354 e. The van der Waals surface area contributed by atoms with Gasteiger partial charge in [-0.2, -0.15) is 0 Å². The highest BCUT2D eigenvalue weighted by Crippen LogP contribution is 2.57. The van der Waals surface area contributed by atoms with E-state index in [0.717, 1.165) is 0 Å². The summed E-state index contributed by atoms with van der Waals surface area (Å²) in [5, 5.41) is 0. The van der Waals surface area contributed by atoms with E-state index in [1.807, 2.05) is 0 Å². The maximum atomic E-state index is 5.99. The summed E-state index contributed by atoms with van der Waals surface area (Å²) in [7, 11) is 2.08. The molecule has 0 aromatic carbocycles. The lowest BCUT2D eigenvalue weighted by Crippen LogP contribution is -2.06. The molecular weight excluding hydrogens is 148 g/mol. The third-order valence-corrected chi connectivity index (χ3v) is 3.21. The fourth-order valence-corrected chi connectivity index (χ4v) is 2.04. The molecule has 0 radical (unpaired) electrons. The minimum absolute atomic E-state index is 0.298. The van der Waals surface area contributed by atoms with Gasteiger partial charge in [0.25, 0.3) is 0 Å². The minimum atomic E-state index is 0.298. The third-order valence-electron chi connectivity index (χ3n) is 3.21. The van der Waals surface area contributed by atoms with Crippen molar-refractivity contribution in [3.63, 3.8) is 0 Å². The Morgan fingerprint density at radius 3 is 2.42 bits per heavy atom. The molecule has 2 N–H and O–H groups in total. The first-order chi connectivity index (χ1) is 5.55. The predicted octanol–water partition coefficient (Wildman–Crippen LogP) is 1.48. The summed E-state index contributed by atoms with van der Waals surface area (Å²) < 4.78 is 2.17. The number of hydrogen-bond donors (Lipinski definition) is 1. The van der Waals surface area contributed by atoms with Gasteiger partial charge in [0.2, 0.25) is 0 Å². The van der Waals surface area contributed by atoms with Crippen molar-refractivity contribution in [2.24, 2.45) is 18.2 Å². The molecule has 2 atom stereocenters. The first-order valence-corrected chi connectivity index (χ1v) is 4.42. The third kappa shape index (κ3) is 0.845. The maximum absolute atomic E-state index is 5.99. The standard InChI is InChI=1S/C10H16N2/c1-10(2)8(9(10)11)7-5-4-6-12(7)3/h4-6,8-9H,11H2,1-3H3/t8-,9-/m1/s1. The van der Waals surface area contributed by atoms with E-state index >= 15 is 0 Å². The van der Waals surface area contributed by atoms with Gasteiger partial charge in [-0.3, -0.25) is 0 Å². The van der Waals surface area contributed by atoms with Gasteiger partial charge in [0.1, 0.15) is 0 Å². The number of nitrogens with zero attached hydrogens (tertiary/aromatic N) is 1. The van der Waals surface area contributed by atoms with E-state index in [-0.39, 0.29) is 0 Å². The Kier molecular flexibility index (Phi) is 1.40. The Balaban J connectivity index is 2.30. The van der Waals surface area contributed by atoms with Crippen LogP contribution < -0.4 is 5.73 Å². The van der Waals surface area contributed by atoms with Crippen LogP contribution in [0.15, 0.2) is 18.3 Å². The van der Waals surface area contributed by atoms with Gasteiger partial charge in [-0.1, -0.05) is 13.8 Å². The summed E-state index contributed by atoms with van der Waals surface area (Å²) in [6, 6.07) is 4.58. The summed E-state index contributed by atoms with van der Waals surface area (Å²) >= 11 is 0.